The summed E-state index contributed by atoms with van der Waals surface area (Å²) in [4.78, 5) is 2.65. The summed E-state index contributed by atoms with van der Waals surface area (Å²) in [6, 6.07) is 2.22. The van der Waals surface area contributed by atoms with Crippen LogP contribution in [-0.4, -0.2) is 55.5 Å². The van der Waals surface area contributed by atoms with Gasteiger partial charge >= 0.3 is 0 Å². The third-order valence-electron chi connectivity index (χ3n) is 8.17. The number of aliphatic hydroxyl groups excluding tert-OH is 1. The van der Waals surface area contributed by atoms with Crippen LogP contribution in [-0.2, 0) is 18.4 Å². The van der Waals surface area contributed by atoms with Gasteiger partial charge in [-0.1, -0.05) is 31.4 Å². The second kappa shape index (κ2) is 9.74. The topological polar surface area (TPSA) is 54.0 Å². The first kappa shape index (κ1) is 22.2. The van der Waals surface area contributed by atoms with Gasteiger partial charge in [0.2, 0.25) is 0 Å². The van der Waals surface area contributed by atoms with Crippen molar-refractivity contribution in [2.75, 3.05) is 33.3 Å². The van der Waals surface area contributed by atoms with E-state index in [1.807, 2.05) is 6.08 Å². The molecule has 0 saturated carbocycles. The van der Waals surface area contributed by atoms with Gasteiger partial charge in [0.15, 0.2) is 11.5 Å². The summed E-state index contributed by atoms with van der Waals surface area (Å²) in [5.74, 6) is 1.78. The maximum atomic E-state index is 10.2. The third-order valence-corrected chi connectivity index (χ3v) is 8.17. The Bertz CT molecular complexity index is 833. The molecule has 0 bridgehead atoms. The molecule has 0 aromatic heterocycles. The molecule has 1 spiro atoms. The minimum Gasteiger partial charge on any atom is -0.493 e. The number of rotatable bonds is 8. The lowest BCUT2D eigenvalue weighted by Gasteiger charge is -2.35. The van der Waals surface area contributed by atoms with Gasteiger partial charge in [0.1, 0.15) is 6.10 Å². The van der Waals surface area contributed by atoms with Gasteiger partial charge in [0.25, 0.3) is 0 Å². The largest absolute Gasteiger partial charge is 0.493 e. The first-order valence-electron chi connectivity index (χ1n) is 12.9. The minimum absolute atomic E-state index is 0.00455. The monoisotopic (exact) mass is 440 g/mol. The Hall–Kier alpha value is -1.56. The number of ether oxygens (including phenoxy) is 2. The molecule has 5 rings (SSSR count). The molecule has 5 nitrogen and oxygen atoms in total. The van der Waals surface area contributed by atoms with Gasteiger partial charge in [-0.3, -0.25) is 0 Å². The summed E-state index contributed by atoms with van der Waals surface area (Å²) in [6.07, 6.45) is 15.9. The summed E-state index contributed by atoms with van der Waals surface area (Å²) in [6.45, 7) is 5.75. The Labute approximate surface area is 193 Å². The molecule has 1 unspecified atom stereocenters. The van der Waals surface area contributed by atoms with E-state index in [2.05, 4.69) is 22.4 Å². The van der Waals surface area contributed by atoms with Crippen molar-refractivity contribution in [1.82, 2.24) is 10.2 Å². The van der Waals surface area contributed by atoms with Crippen molar-refractivity contribution in [2.45, 2.75) is 88.4 Å². The average Bonchev–Trinajstić information content (AvgIpc) is 3.01. The van der Waals surface area contributed by atoms with Crippen molar-refractivity contribution in [3.05, 3.63) is 34.9 Å². The molecule has 1 aromatic rings. The van der Waals surface area contributed by atoms with Gasteiger partial charge in [-0.15, -0.1) is 0 Å². The number of aryl methyl sites for hydroxylation is 1. The fourth-order valence-corrected chi connectivity index (χ4v) is 6.42. The molecular weight excluding hydrogens is 400 g/mol. The van der Waals surface area contributed by atoms with Crippen LogP contribution >= 0.6 is 0 Å². The van der Waals surface area contributed by atoms with Gasteiger partial charge < -0.3 is 24.8 Å². The van der Waals surface area contributed by atoms with Crippen LogP contribution in [0.5, 0.6) is 11.5 Å². The molecule has 0 radical (unpaired) electrons. The average molecular weight is 441 g/mol. The van der Waals surface area contributed by atoms with E-state index in [4.69, 9.17) is 9.47 Å². The molecule has 4 aliphatic rings. The Morgan fingerprint density at radius 2 is 2.03 bits per heavy atom. The van der Waals surface area contributed by atoms with Gasteiger partial charge in [0.05, 0.1) is 18.6 Å². The Balaban J connectivity index is 1.29. The van der Waals surface area contributed by atoms with E-state index in [9.17, 15) is 5.11 Å². The summed E-state index contributed by atoms with van der Waals surface area (Å²) >= 11 is 0. The van der Waals surface area contributed by atoms with Crippen molar-refractivity contribution >= 4 is 0 Å². The number of piperidine rings is 1. The molecule has 3 heterocycles. The van der Waals surface area contributed by atoms with Gasteiger partial charge in [-0.25, -0.2) is 0 Å². The number of nitrogens with zero attached hydrogens (tertiary/aromatic N) is 1. The molecule has 1 aromatic carbocycles. The standard InChI is InChI=1S/C27H40N2O3/c1-31-23-17-20(9-5-2-3-6-14-29-15-7-4-8-16-29)22-19-28-13-12-27-11-10-21(30)18-24(27)32-26(23)25(22)27/h10-11,17,21,24,28,30H,2-9,12-16,18-19H2,1H3/t21-,24-,27?/m0/s1. The summed E-state index contributed by atoms with van der Waals surface area (Å²) < 4.78 is 12.3. The molecule has 1 saturated heterocycles. The molecule has 5 heteroatoms. The number of aliphatic hydroxyl groups is 1. The highest BCUT2D eigenvalue weighted by molar-refractivity contribution is 5.63. The fourth-order valence-electron chi connectivity index (χ4n) is 6.42. The van der Waals surface area contributed by atoms with Crippen LogP contribution in [0.15, 0.2) is 18.2 Å². The summed E-state index contributed by atoms with van der Waals surface area (Å²) in [7, 11) is 1.75. The maximum absolute atomic E-state index is 10.2. The maximum Gasteiger partial charge on any atom is 0.166 e. The van der Waals surface area contributed by atoms with Crippen LogP contribution in [0.2, 0.25) is 0 Å². The first-order chi connectivity index (χ1) is 15.7. The molecule has 32 heavy (non-hydrogen) atoms. The normalized spacial score (nSPS) is 29.2. The lowest BCUT2D eigenvalue weighted by molar-refractivity contribution is 0.0851. The quantitative estimate of drug-likeness (QED) is 0.471. The van der Waals surface area contributed by atoms with E-state index in [1.54, 1.807) is 7.11 Å². The SMILES string of the molecule is COc1cc(CCCCCCN2CCCCC2)c2c3c1O[C@H]1C[C@@H](O)C=CC31CCNC2. The molecule has 0 amide bonds. The summed E-state index contributed by atoms with van der Waals surface area (Å²) in [5, 5.41) is 13.9. The summed E-state index contributed by atoms with van der Waals surface area (Å²) in [5.41, 5.74) is 4.02. The molecule has 3 aliphatic heterocycles. The predicted molar refractivity (Wildman–Crippen MR) is 128 cm³/mol. The molecule has 176 valence electrons. The van der Waals surface area contributed by atoms with Crippen molar-refractivity contribution < 1.29 is 14.6 Å². The van der Waals surface area contributed by atoms with E-state index < -0.39 is 6.10 Å². The highest BCUT2D eigenvalue weighted by Crippen LogP contribution is 2.56. The van der Waals surface area contributed by atoms with Crippen molar-refractivity contribution in [3.63, 3.8) is 0 Å². The smallest absolute Gasteiger partial charge is 0.166 e. The first-order valence-corrected chi connectivity index (χ1v) is 12.9. The molecular formula is C27H40N2O3. The minimum atomic E-state index is -0.421. The van der Waals surface area contributed by atoms with E-state index >= 15 is 0 Å². The number of likely N-dealkylation sites (tertiary alicyclic amines) is 1. The lowest BCUT2D eigenvalue weighted by Crippen LogP contribution is -2.42. The second-order valence-electron chi connectivity index (χ2n) is 10.2. The number of hydrogen-bond acceptors (Lipinski definition) is 5. The zero-order valence-corrected chi connectivity index (χ0v) is 19.7. The van der Waals surface area contributed by atoms with E-state index in [1.165, 1.54) is 81.3 Å². The van der Waals surface area contributed by atoms with Crippen molar-refractivity contribution in [2.24, 2.45) is 0 Å². The number of hydrogen-bond donors (Lipinski definition) is 2. The number of nitrogens with one attached hydrogen (secondary N) is 1. The number of unbranched alkanes of at least 4 members (excludes halogenated alkanes) is 3. The van der Waals surface area contributed by atoms with Crippen LogP contribution in [0.3, 0.4) is 0 Å². The molecule has 1 fully saturated rings. The van der Waals surface area contributed by atoms with Gasteiger partial charge in [-0.2, -0.15) is 0 Å². The molecule has 3 atom stereocenters. The van der Waals surface area contributed by atoms with E-state index in [0.717, 1.165) is 37.4 Å². The van der Waals surface area contributed by atoms with E-state index in [-0.39, 0.29) is 11.5 Å². The third kappa shape index (κ3) is 4.20. The highest BCUT2D eigenvalue weighted by atomic mass is 16.5. The van der Waals surface area contributed by atoms with Crippen LogP contribution in [0.4, 0.5) is 0 Å². The fraction of sp³-hybridized carbons (Fsp3) is 0.704. The van der Waals surface area contributed by atoms with Gasteiger partial charge in [-0.05, 0) is 81.9 Å². The van der Waals surface area contributed by atoms with Crippen molar-refractivity contribution in [3.8, 4) is 11.5 Å². The lowest BCUT2D eigenvalue weighted by atomic mass is 9.68. The van der Waals surface area contributed by atoms with Crippen LogP contribution in [0, 0.1) is 0 Å². The highest BCUT2D eigenvalue weighted by Gasteiger charge is 2.52. The molecule has 2 N–H and O–H groups in total. The van der Waals surface area contributed by atoms with Crippen LogP contribution < -0.4 is 14.8 Å². The number of methoxy groups -OCH3 is 1. The zero-order valence-electron chi connectivity index (χ0n) is 19.7. The predicted octanol–water partition coefficient (Wildman–Crippen LogP) is 4.10. The van der Waals surface area contributed by atoms with Crippen LogP contribution in [0.1, 0.15) is 74.5 Å². The second-order valence-corrected chi connectivity index (χ2v) is 10.2. The van der Waals surface area contributed by atoms with Crippen molar-refractivity contribution in [1.29, 1.82) is 0 Å². The molecule has 1 aliphatic carbocycles. The Kier molecular flexibility index (Phi) is 6.77. The van der Waals surface area contributed by atoms with Gasteiger partial charge in [0, 0.05) is 18.5 Å². The Morgan fingerprint density at radius 3 is 2.88 bits per heavy atom. The zero-order chi connectivity index (χ0) is 22.0. The van der Waals surface area contributed by atoms with E-state index in [0.29, 0.717) is 6.42 Å². The Morgan fingerprint density at radius 1 is 1.19 bits per heavy atom. The number of benzene rings is 1. The van der Waals surface area contributed by atoms with Crippen LogP contribution in [0.25, 0.3) is 0 Å².